The van der Waals surface area contributed by atoms with Crippen LogP contribution in [-0.2, 0) is 11.3 Å². The molecular weight excluding hydrogens is 282 g/mol. The molecule has 0 amide bonds. The molecule has 1 aromatic heterocycles. The standard InChI is InChI=1S/C13H20ClN3OS/c1-2-18-9-13-16-11(14)7-12(17-13)15-8-10-5-3-4-6-19-10/h7,10H,2-6,8-9H2,1H3,(H,15,16,17). The average molecular weight is 302 g/mol. The summed E-state index contributed by atoms with van der Waals surface area (Å²) in [7, 11) is 0. The van der Waals surface area contributed by atoms with Crippen LogP contribution in [0.5, 0.6) is 0 Å². The summed E-state index contributed by atoms with van der Waals surface area (Å²) in [6.07, 6.45) is 3.96. The Kier molecular flexibility index (Phi) is 6.20. The van der Waals surface area contributed by atoms with Gasteiger partial charge in [0.05, 0.1) is 0 Å². The second-order valence-electron chi connectivity index (χ2n) is 4.50. The molecule has 106 valence electrons. The maximum absolute atomic E-state index is 6.00. The number of hydrogen-bond donors (Lipinski definition) is 1. The van der Waals surface area contributed by atoms with Gasteiger partial charge in [0.1, 0.15) is 17.6 Å². The van der Waals surface area contributed by atoms with Crippen molar-refractivity contribution in [2.45, 2.75) is 38.0 Å². The summed E-state index contributed by atoms with van der Waals surface area (Å²) < 4.78 is 5.31. The molecule has 6 heteroatoms. The third kappa shape index (κ3) is 5.16. The third-order valence-corrected chi connectivity index (χ3v) is 4.55. The Morgan fingerprint density at radius 2 is 2.37 bits per heavy atom. The van der Waals surface area contributed by atoms with Crippen LogP contribution < -0.4 is 5.32 Å². The minimum Gasteiger partial charge on any atom is -0.374 e. The highest BCUT2D eigenvalue weighted by Gasteiger charge is 2.14. The van der Waals surface area contributed by atoms with E-state index in [4.69, 9.17) is 16.3 Å². The Morgan fingerprint density at radius 3 is 3.11 bits per heavy atom. The highest BCUT2D eigenvalue weighted by molar-refractivity contribution is 7.99. The number of nitrogens with zero attached hydrogens (tertiary/aromatic N) is 2. The van der Waals surface area contributed by atoms with Gasteiger partial charge in [-0.3, -0.25) is 0 Å². The van der Waals surface area contributed by atoms with Crippen molar-refractivity contribution >= 4 is 29.2 Å². The molecular formula is C13H20ClN3OS. The highest BCUT2D eigenvalue weighted by Crippen LogP contribution is 2.25. The van der Waals surface area contributed by atoms with Gasteiger partial charge in [0, 0.05) is 24.5 Å². The Labute approximate surface area is 123 Å². The number of halogens is 1. The molecule has 2 rings (SSSR count). The predicted molar refractivity (Wildman–Crippen MR) is 81.0 cm³/mol. The number of hydrogen-bond acceptors (Lipinski definition) is 5. The molecule has 1 unspecified atom stereocenters. The second kappa shape index (κ2) is 7.92. The fourth-order valence-corrected chi connectivity index (χ4v) is 3.44. The lowest BCUT2D eigenvalue weighted by molar-refractivity contribution is 0.128. The molecule has 1 N–H and O–H groups in total. The topological polar surface area (TPSA) is 47.0 Å². The van der Waals surface area contributed by atoms with Gasteiger partial charge in [-0.25, -0.2) is 9.97 Å². The quantitative estimate of drug-likeness (QED) is 0.816. The Bertz CT molecular complexity index is 399. The predicted octanol–water partition coefficient (Wildman–Crippen LogP) is 3.36. The van der Waals surface area contributed by atoms with Crippen molar-refractivity contribution in [3.63, 3.8) is 0 Å². The molecule has 0 saturated carbocycles. The lowest BCUT2D eigenvalue weighted by Crippen LogP contribution is -2.20. The van der Waals surface area contributed by atoms with E-state index in [0.717, 1.165) is 12.4 Å². The SMILES string of the molecule is CCOCc1nc(Cl)cc(NCC2CCCCS2)n1. The molecule has 19 heavy (non-hydrogen) atoms. The molecule has 1 aromatic rings. The highest BCUT2D eigenvalue weighted by atomic mass is 35.5. The van der Waals surface area contributed by atoms with E-state index in [9.17, 15) is 0 Å². The van der Waals surface area contributed by atoms with E-state index in [0.29, 0.717) is 29.4 Å². The van der Waals surface area contributed by atoms with Crippen molar-refractivity contribution in [3.05, 3.63) is 17.0 Å². The van der Waals surface area contributed by atoms with Crippen LogP contribution in [0, 0.1) is 0 Å². The fraction of sp³-hybridized carbons (Fsp3) is 0.692. The van der Waals surface area contributed by atoms with Crippen molar-refractivity contribution < 1.29 is 4.74 Å². The molecule has 4 nitrogen and oxygen atoms in total. The minimum atomic E-state index is 0.407. The molecule has 0 aromatic carbocycles. The van der Waals surface area contributed by atoms with E-state index >= 15 is 0 Å². The Morgan fingerprint density at radius 1 is 1.47 bits per heavy atom. The number of rotatable bonds is 6. The minimum absolute atomic E-state index is 0.407. The summed E-state index contributed by atoms with van der Waals surface area (Å²) >= 11 is 8.04. The van der Waals surface area contributed by atoms with Crippen molar-refractivity contribution in [3.8, 4) is 0 Å². The summed E-state index contributed by atoms with van der Waals surface area (Å²) in [5, 5.41) is 4.50. The molecule has 1 aliphatic heterocycles. The zero-order chi connectivity index (χ0) is 13.5. The van der Waals surface area contributed by atoms with Gasteiger partial charge in [0.2, 0.25) is 0 Å². The molecule has 1 saturated heterocycles. The summed E-state index contributed by atoms with van der Waals surface area (Å²) in [6.45, 7) is 3.94. The summed E-state index contributed by atoms with van der Waals surface area (Å²) in [5.74, 6) is 2.70. The van der Waals surface area contributed by atoms with E-state index in [1.165, 1.54) is 25.0 Å². The van der Waals surface area contributed by atoms with Crippen LogP contribution in [0.3, 0.4) is 0 Å². The molecule has 2 heterocycles. The zero-order valence-electron chi connectivity index (χ0n) is 11.2. The first kappa shape index (κ1) is 14.9. The zero-order valence-corrected chi connectivity index (χ0v) is 12.8. The van der Waals surface area contributed by atoms with Crippen LogP contribution in [0.15, 0.2) is 6.07 Å². The number of aromatic nitrogens is 2. The summed E-state index contributed by atoms with van der Waals surface area (Å²) in [4.78, 5) is 8.56. The normalized spacial score (nSPS) is 19.4. The third-order valence-electron chi connectivity index (χ3n) is 2.96. The van der Waals surface area contributed by atoms with Gasteiger partial charge in [-0.2, -0.15) is 11.8 Å². The van der Waals surface area contributed by atoms with Crippen molar-refractivity contribution in [2.24, 2.45) is 0 Å². The maximum atomic E-state index is 6.00. The first-order valence-corrected chi connectivity index (χ1v) is 8.17. The fourth-order valence-electron chi connectivity index (χ4n) is 2.00. The van der Waals surface area contributed by atoms with Crippen LogP contribution in [-0.4, -0.2) is 34.1 Å². The van der Waals surface area contributed by atoms with Crippen LogP contribution in [0.2, 0.25) is 5.15 Å². The van der Waals surface area contributed by atoms with E-state index in [1.54, 1.807) is 6.07 Å². The van der Waals surface area contributed by atoms with Crippen LogP contribution in [0.4, 0.5) is 5.82 Å². The molecule has 0 aliphatic carbocycles. The van der Waals surface area contributed by atoms with Gasteiger partial charge in [-0.1, -0.05) is 18.0 Å². The maximum Gasteiger partial charge on any atom is 0.158 e. The van der Waals surface area contributed by atoms with Gasteiger partial charge >= 0.3 is 0 Å². The first-order chi connectivity index (χ1) is 9.28. The van der Waals surface area contributed by atoms with Crippen molar-refractivity contribution in [1.29, 1.82) is 0 Å². The molecule has 0 bridgehead atoms. The Balaban J connectivity index is 1.89. The van der Waals surface area contributed by atoms with Crippen molar-refractivity contribution in [2.75, 3.05) is 24.2 Å². The summed E-state index contributed by atoms with van der Waals surface area (Å²) in [6, 6.07) is 1.77. The lowest BCUT2D eigenvalue weighted by Gasteiger charge is -2.21. The smallest absolute Gasteiger partial charge is 0.158 e. The molecule has 1 atom stereocenters. The average Bonchev–Trinajstić information content (AvgIpc) is 2.43. The largest absolute Gasteiger partial charge is 0.374 e. The monoisotopic (exact) mass is 301 g/mol. The van der Waals surface area contributed by atoms with E-state index in [-0.39, 0.29) is 0 Å². The van der Waals surface area contributed by atoms with Gasteiger partial charge in [0.25, 0.3) is 0 Å². The van der Waals surface area contributed by atoms with E-state index in [1.807, 2.05) is 18.7 Å². The number of nitrogens with one attached hydrogen (secondary N) is 1. The van der Waals surface area contributed by atoms with Gasteiger partial charge in [-0.05, 0) is 25.5 Å². The van der Waals surface area contributed by atoms with E-state index < -0.39 is 0 Å². The Hall–Kier alpha value is -0.520. The second-order valence-corrected chi connectivity index (χ2v) is 6.29. The number of thioether (sulfide) groups is 1. The van der Waals surface area contributed by atoms with Crippen molar-refractivity contribution in [1.82, 2.24) is 9.97 Å². The van der Waals surface area contributed by atoms with Crippen LogP contribution in [0.25, 0.3) is 0 Å². The van der Waals surface area contributed by atoms with E-state index in [2.05, 4.69) is 15.3 Å². The lowest BCUT2D eigenvalue weighted by atomic mass is 10.2. The van der Waals surface area contributed by atoms with Crippen LogP contribution in [0.1, 0.15) is 32.0 Å². The summed E-state index contributed by atoms with van der Waals surface area (Å²) in [5.41, 5.74) is 0. The number of anilines is 1. The molecule has 0 spiro atoms. The first-order valence-electron chi connectivity index (χ1n) is 6.74. The molecule has 0 radical (unpaired) electrons. The molecule has 1 fully saturated rings. The van der Waals surface area contributed by atoms with Gasteiger partial charge < -0.3 is 10.1 Å². The van der Waals surface area contributed by atoms with Crippen LogP contribution >= 0.6 is 23.4 Å². The molecule has 1 aliphatic rings. The van der Waals surface area contributed by atoms with Gasteiger partial charge in [-0.15, -0.1) is 0 Å². The van der Waals surface area contributed by atoms with Gasteiger partial charge in [0.15, 0.2) is 5.82 Å². The number of ether oxygens (including phenoxy) is 1.